The van der Waals surface area contributed by atoms with Gasteiger partial charge in [-0.15, -0.1) is 0 Å². The number of amides is 1. The second-order valence-corrected chi connectivity index (χ2v) is 5.53. The fourth-order valence-corrected chi connectivity index (χ4v) is 2.25. The molecular formula is C19H23N3O. The van der Waals surface area contributed by atoms with Crippen molar-refractivity contribution in [2.24, 2.45) is 5.10 Å². The molecule has 0 aliphatic carbocycles. The second kappa shape index (κ2) is 8.83. The van der Waals surface area contributed by atoms with Crippen molar-refractivity contribution in [2.75, 3.05) is 0 Å². The zero-order valence-electron chi connectivity index (χ0n) is 13.7. The summed E-state index contributed by atoms with van der Waals surface area (Å²) in [5, 5.41) is 4.17. The van der Waals surface area contributed by atoms with E-state index in [1.807, 2.05) is 6.92 Å². The first kappa shape index (κ1) is 16.9. The third kappa shape index (κ3) is 5.33. The Morgan fingerprint density at radius 1 is 1.13 bits per heavy atom. The zero-order chi connectivity index (χ0) is 16.5. The third-order valence-electron chi connectivity index (χ3n) is 3.69. The van der Waals surface area contributed by atoms with Gasteiger partial charge in [-0.1, -0.05) is 44.0 Å². The van der Waals surface area contributed by atoms with Crippen molar-refractivity contribution in [3.63, 3.8) is 0 Å². The van der Waals surface area contributed by atoms with Crippen LogP contribution < -0.4 is 5.43 Å². The van der Waals surface area contributed by atoms with Crippen LogP contribution in [-0.4, -0.2) is 16.6 Å². The number of hydrazone groups is 1. The smallest absolute Gasteiger partial charge is 0.267 e. The van der Waals surface area contributed by atoms with E-state index in [0.29, 0.717) is 5.56 Å². The number of nitrogens with one attached hydrogen (secondary N) is 1. The van der Waals surface area contributed by atoms with Crippen molar-refractivity contribution in [3.8, 4) is 0 Å². The summed E-state index contributed by atoms with van der Waals surface area (Å²) < 4.78 is 0. The first-order valence-corrected chi connectivity index (χ1v) is 8.04. The molecular weight excluding hydrogens is 286 g/mol. The zero-order valence-corrected chi connectivity index (χ0v) is 13.7. The number of benzene rings is 1. The minimum absolute atomic E-state index is 0.256. The van der Waals surface area contributed by atoms with Crippen molar-refractivity contribution in [1.29, 1.82) is 0 Å². The Hall–Kier alpha value is -2.49. The fraction of sp³-hybridized carbons (Fsp3) is 0.316. The Balaban J connectivity index is 1.94. The maximum absolute atomic E-state index is 11.9. The fourth-order valence-electron chi connectivity index (χ4n) is 2.25. The molecule has 0 saturated carbocycles. The summed E-state index contributed by atoms with van der Waals surface area (Å²) in [5.74, 6) is -0.256. The van der Waals surface area contributed by atoms with Crippen LogP contribution in [-0.2, 0) is 6.42 Å². The maximum atomic E-state index is 11.9. The van der Waals surface area contributed by atoms with E-state index in [4.69, 9.17) is 0 Å². The van der Waals surface area contributed by atoms with Crippen LogP contribution in [0.1, 0.15) is 54.6 Å². The molecule has 0 aliphatic rings. The van der Waals surface area contributed by atoms with Crippen LogP contribution in [0.2, 0.25) is 0 Å². The van der Waals surface area contributed by atoms with Crippen molar-refractivity contribution >= 4 is 11.6 Å². The summed E-state index contributed by atoms with van der Waals surface area (Å²) in [5.41, 5.74) is 6.19. The monoisotopic (exact) mass is 309 g/mol. The van der Waals surface area contributed by atoms with Gasteiger partial charge in [0.2, 0.25) is 0 Å². The van der Waals surface area contributed by atoms with Crippen LogP contribution in [0.5, 0.6) is 0 Å². The molecule has 120 valence electrons. The SMILES string of the molecule is CCCCCc1ccc(/C(C)=N\NC(=O)c2cccnc2)cc1. The van der Waals surface area contributed by atoms with Gasteiger partial charge in [0.1, 0.15) is 0 Å². The Morgan fingerprint density at radius 2 is 1.91 bits per heavy atom. The van der Waals surface area contributed by atoms with Gasteiger partial charge in [0, 0.05) is 12.4 Å². The van der Waals surface area contributed by atoms with Gasteiger partial charge >= 0.3 is 0 Å². The highest BCUT2D eigenvalue weighted by Gasteiger charge is 2.04. The molecule has 2 rings (SSSR count). The number of pyridine rings is 1. The van der Waals surface area contributed by atoms with E-state index in [9.17, 15) is 4.79 Å². The highest BCUT2D eigenvalue weighted by atomic mass is 16.2. The highest BCUT2D eigenvalue weighted by Crippen LogP contribution is 2.09. The Labute approximate surface area is 137 Å². The molecule has 23 heavy (non-hydrogen) atoms. The summed E-state index contributed by atoms with van der Waals surface area (Å²) in [6.45, 7) is 4.10. The lowest BCUT2D eigenvalue weighted by molar-refractivity contribution is 0.0954. The van der Waals surface area contributed by atoms with Gasteiger partial charge in [-0.2, -0.15) is 5.10 Å². The van der Waals surface area contributed by atoms with E-state index in [1.54, 1.807) is 18.3 Å². The lowest BCUT2D eigenvalue weighted by Gasteiger charge is -2.05. The van der Waals surface area contributed by atoms with Crippen LogP contribution in [0.3, 0.4) is 0 Å². The molecule has 0 saturated heterocycles. The number of hydrogen-bond acceptors (Lipinski definition) is 3. The van der Waals surface area contributed by atoms with Gasteiger partial charge in [-0.05, 0) is 43.0 Å². The van der Waals surface area contributed by atoms with E-state index in [0.717, 1.165) is 17.7 Å². The van der Waals surface area contributed by atoms with E-state index in [-0.39, 0.29) is 5.91 Å². The van der Waals surface area contributed by atoms with E-state index < -0.39 is 0 Å². The molecule has 1 aromatic heterocycles. The van der Waals surface area contributed by atoms with Gasteiger partial charge in [0.15, 0.2) is 0 Å². The first-order chi connectivity index (χ1) is 11.2. The molecule has 4 nitrogen and oxygen atoms in total. The molecule has 1 N–H and O–H groups in total. The van der Waals surface area contributed by atoms with Crippen molar-refractivity contribution < 1.29 is 4.79 Å². The molecule has 1 amide bonds. The maximum Gasteiger partial charge on any atom is 0.272 e. The van der Waals surface area contributed by atoms with Crippen LogP contribution in [0.25, 0.3) is 0 Å². The molecule has 0 atom stereocenters. The van der Waals surface area contributed by atoms with Crippen LogP contribution in [0.4, 0.5) is 0 Å². The average molecular weight is 309 g/mol. The standard InChI is InChI=1S/C19H23N3O/c1-3-4-5-7-16-9-11-17(12-10-16)15(2)21-22-19(23)18-8-6-13-20-14-18/h6,8-14H,3-5,7H2,1-2H3,(H,22,23)/b21-15-. The molecule has 0 aliphatic heterocycles. The van der Waals surface area contributed by atoms with Crippen molar-refractivity contribution in [1.82, 2.24) is 10.4 Å². The molecule has 0 fully saturated rings. The summed E-state index contributed by atoms with van der Waals surface area (Å²) in [7, 11) is 0. The number of aryl methyl sites for hydroxylation is 1. The van der Waals surface area contributed by atoms with Crippen LogP contribution in [0.15, 0.2) is 53.9 Å². The van der Waals surface area contributed by atoms with Gasteiger partial charge in [0.25, 0.3) is 5.91 Å². The largest absolute Gasteiger partial charge is 0.272 e. The molecule has 2 aromatic rings. The number of carbonyl (C=O) groups is 1. The minimum Gasteiger partial charge on any atom is -0.267 e. The molecule has 0 radical (unpaired) electrons. The predicted molar refractivity (Wildman–Crippen MR) is 93.6 cm³/mol. The normalized spacial score (nSPS) is 11.3. The number of carbonyl (C=O) groups excluding carboxylic acids is 1. The van der Waals surface area contributed by atoms with Gasteiger partial charge in [0.05, 0.1) is 11.3 Å². The number of unbranched alkanes of at least 4 members (excludes halogenated alkanes) is 2. The lowest BCUT2D eigenvalue weighted by Crippen LogP contribution is -2.19. The van der Waals surface area contributed by atoms with E-state index in [1.165, 1.54) is 31.0 Å². The number of rotatable bonds is 7. The Kier molecular flexibility index (Phi) is 6.48. The van der Waals surface area contributed by atoms with Crippen LogP contribution >= 0.6 is 0 Å². The summed E-state index contributed by atoms with van der Waals surface area (Å²) in [6, 6.07) is 11.8. The second-order valence-electron chi connectivity index (χ2n) is 5.53. The van der Waals surface area contributed by atoms with Crippen LogP contribution in [0, 0.1) is 0 Å². The van der Waals surface area contributed by atoms with Gasteiger partial charge in [-0.3, -0.25) is 9.78 Å². The van der Waals surface area contributed by atoms with E-state index in [2.05, 4.69) is 46.7 Å². The number of hydrogen-bond donors (Lipinski definition) is 1. The minimum atomic E-state index is -0.256. The lowest BCUT2D eigenvalue weighted by atomic mass is 10.0. The quantitative estimate of drug-likeness (QED) is 0.478. The first-order valence-electron chi connectivity index (χ1n) is 8.04. The average Bonchev–Trinajstić information content (AvgIpc) is 2.61. The molecule has 0 spiro atoms. The molecule has 0 bridgehead atoms. The number of nitrogens with zero attached hydrogens (tertiary/aromatic N) is 2. The molecule has 1 heterocycles. The predicted octanol–water partition coefficient (Wildman–Crippen LogP) is 3.97. The van der Waals surface area contributed by atoms with Gasteiger partial charge in [-0.25, -0.2) is 5.43 Å². The molecule has 4 heteroatoms. The topological polar surface area (TPSA) is 54.4 Å². The Bertz CT molecular complexity index is 648. The van der Waals surface area contributed by atoms with E-state index >= 15 is 0 Å². The third-order valence-corrected chi connectivity index (χ3v) is 3.69. The summed E-state index contributed by atoms with van der Waals surface area (Å²) in [6.07, 6.45) is 7.99. The van der Waals surface area contributed by atoms with Gasteiger partial charge < -0.3 is 0 Å². The molecule has 0 unspecified atom stereocenters. The summed E-state index contributed by atoms with van der Waals surface area (Å²) in [4.78, 5) is 15.8. The van der Waals surface area contributed by atoms with Crippen molar-refractivity contribution in [3.05, 3.63) is 65.5 Å². The van der Waals surface area contributed by atoms with Crippen molar-refractivity contribution in [2.45, 2.75) is 39.5 Å². The Morgan fingerprint density at radius 3 is 2.57 bits per heavy atom. The molecule has 1 aromatic carbocycles. The number of aromatic nitrogens is 1. The highest BCUT2D eigenvalue weighted by molar-refractivity contribution is 6.00. The summed E-state index contributed by atoms with van der Waals surface area (Å²) >= 11 is 0.